The number of hydrogen-bond donors (Lipinski definition) is 1. The molecule has 1 saturated heterocycles. The quantitative estimate of drug-likeness (QED) is 0.797. The number of anilines is 2. The van der Waals surface area contributed by atoms with Crippen molar-refractivity contribution < 1.29 is 17.9 Å². The first-order valence-corrected chi connectivity index (χ1v) is 11.7. The zero-order valence-electron chi connectivity index (χ0n) is 17.5. The number of nitrogens with zero attached hydrogens (tertiary/aromatic N) is 2. The highest BCUT2D eigenvalue weighted by Gasteiger charge is 2.32. The third-order valence-corrected chi connectivity index (χ3v) is 7.88. The number of nitrogens with one attached hydrogen (secondary N) is 1. The number of sulfonamides is 1. The Hall–Kier alpha value is -2.58. The van der Waals surface area contributed by atoms with Crippen molar-refractivity contribution in [3.05, 3.63) is 42.0 Å². The van der Waals surface area contributed by atoms with E-state index in [1.54, 1.807) is 32.2 Å². The van der Waals surface area contributed by atoms with Crippen LogP contribution >= 0.6 is 0 Å². The fraction of sp³-hybridized carbons (Fsp3) is 0.409. The molecular weight excluding hydrogens is 402 g/mol. The Morgan fingerprint density at radius 1 is 1.17 bits per heavy atom. The first-order valence-electron chi connectivity index (χ1n) is 10.3. The summed E-state index contributed by atoms with van der Waals surface area (Å²) >= 11 is 0. The summed E-state index contributed by atoms with van der Waals surface area (Å²) in [5.41, 5.74) is 1.36. The molecule has 0 aliphatic carbocycles. The van der Waals surface area contributed by atoms with Crippen molar-refractivity contribution in [2.75, 3.05) is 36.9 Å². The van der Waals surface area contributed by atoms with E-state index in [0.717, 1.165) is 25.9 Å². The number of carbonyl (C=O) groups is 1. The van der Waals surface area contributed by atoms with Crippen molar-refractivity contribution in [2.45, 2.75) is 31.6 Å². The Bertz CT molecular complexity index is 1080. The number of hydrogen-bond acceptors (Lipinski definition) is 5. The van der Waals surface area contributed by atoms with Gasteiger partial charge in [-0.1, -0.05) is 26.0 Å². The molecule has 1 amide bonds. The van der Waals surface area contributed by atoms with Gasteiger partial charge in [0.15, 0.2) is 5.75 Å². The summed E-state index contributed by atoms with van der Waals surface area (Å²) in [6.45, 7) is 5.86. The molecule has 4 rings (SSSR count). The van der Waals surface area contributed by atoms with Gasteiger partial charge in [0, 0.05) is 32.7 Å². The van der Waals surface area contributed by atoms with Crippen molar-refractivity contribution in [3.63, 3.8) is 0 Å². The molecule has 8 heteroatoms. The van der Waals surface area contributed by atoms with Crippen molar-refractivity contribution in [2.24, 2.45) is 5.92 Å². The third-order valence-electron chi connectivity index (χ3n) is 5.92. The third kappa shape index (κ3) is 3.65. The van der Waals surface area contributed by atoms with Gasteiger partial charge in [0.25, 0.3) is 5.91 Å². The number of piperidine rings is 1. The summed E-state index contributed by atoms with van der Waals surface area (Å²) in [5.74, 6) is 1.12. The number of ether oxygens (including phenoxy) is 1. The number of fused-ring (bicyclic) bond motifs is 2. The van der Waals surface area contributed by atoms with E-state index in [4.69, 9.17) is 4.74 Å². The number of benzene rings is 2. The van der Waals surface area contributed by atoms with Crippen molar-refractivity contribution in [1.82, 2.24) is 4.31 Å². The van der Waals surface area contributed by atoms with Crippen LogP contribution in [0.4, 0.5) is 11.4 Å². The highest BCUT2D eigenvalue weighted by molar-refractivity contribution is 7.89. The van der Waals surface area contributed by atoms with Crippen LogP contribution in [0.25, 0.3) is 0 Å². The number of amides is 1. The van der Waals surface area contributed by atoms with Crippen LogP contribution in [0.2, 0.25) is 0 Å². The predicted molar refractivity (Wildman–Crippen MR) is 117 cm³/mol. The van der Waals surface area contributed by atoms with E-state index in [9.17, 15) is 13.2 Å². The summed E-state index contributed by atoms with van der Waals surface area (Å²) < 4.78 is 34.0. The van der Waals surface area contributed by atoms with Crippen molar-refractivity contribution in [3.8, 4) is 11.5 Å². The molecule has 7 nitrogen and oxygen atoms in total. The molecule has 160 valence electrons. The van der Waals surface area contributed by atoms with Gasteiger partial charge in [0.05, 0.1) is 16.9 Å². The molecule has 30 heavy (non-hydrogen) atoms. The molecule has 0 aromatic heterocycles. The van der Waals surface area contributed by atoms with E-state index in [1.807, 2.05) is 12.1 Å². The maximum absolute atomic E-state index is 13.3. The van der Waals surface area contributed by atoms with Crippen LogP contribution in [0.15, 0.2) is 41.3 Å². The summed E-state index contributed by atoms with van der Waals surface area (Å²) in [6.07, 6.45) is 1.98. The van der Waals surface area contributed by atoms with E-state index in [-0.39, 0.29) is 16.4 Å². The highest BCUT2D eigenvalue weighted by Crippen LogP contribution is 2.41. The summed E-state index contributed by atoms with van der Waals surface area (Å²) in [6, 6.07) is 10.4. The Labute approximate surface area is 177 Å². The SMILES string of the molecule is CCN(C)S(=O)(=O)c1cc2c(cc1N1CCC(C)CC1)Oc1ccccc1NC2=O. The average molecular weight is 430 g/mol. The van der Waals surface area contributed by atoms with E-state index < -0.39 is 10.0 Å². The first-order chi connectivity index (χ1) is 14.3. The van der Waals surface area contributed by atoms with Crippen molar-refractivity contribution >= 4 is 27.3 Å². The van der Waals surface area contributed by atoms with Crippen LogP contribution in [0.3, 0.4) is 0 Å². The zero-order chi connectivity index (χ0) is 21.5. The summed E-state index contributed by atoms with van der Waals surface area (Å²) in [5, 5.41) is 2.82. The number of rotatable bonds is 4. The maximum atomic E-state index is 13.3. The normalized spacial score (nSPS) is 17.1. The van der Waals surface area contributed by atoms with Crippen LogP contribution < -0.4 is 15.0 Å². The van der Waals surface area contributed by atoms with E-state index in [2.05, 4.69) is 17.1 Å². The molecule has 0 atom stereocenters. The molecule has 1 N–H and O–H groups in total. The Morgan fingerprint density at radius 2 is 1.87 bits per heavy atom. The lowest BCUT2D eigenvalue weighted by Gasteiger charge is -2.34. The van der Waals surface area contributed by atoms with Gasteiger partial charge in [-0.2, -0.15) is 0 Å². The van der Waals surface area contributed by atoms with Crippen molar-refractivity contribution in [1.29, 1.82) is 0 Å². The number of para-hydroxylation sites is 2. The first kappa shape index (κ1) is 20.7. The van der Waals surface area contributed by atoms with E-state index >= 15 is 0 Å². The number of carbonyl (C=O) groups excluding carboxylic acids is 1. The lowest BCUT2D eigenvalue weighted by atomic mass is 9.98. The second-order valence-electron chi connectivity index (χ2n) is 7.96. The minimum absolute atomic E-state index is 0.143. The second kappa shape index (κ2) is 7.92. The Balaban J connectivity index is 1.88. The summed E-state index contributed by atoms with van der Waals surface area (Å²) in [7, 11) is -2.21. The van der Waals surface area contributed by atoms with Crippen LogP contribution in [-0.4, -0.2) is 45.3 Å². The minimum Gasteiger partial charge on any atom is -0.454 e. The molecule has 0 spiro atoms. The van der Waals surface area contributed by atoms with Crippen LogP contribution in [0.5, 0.6) is 11.5 Å². The predicted octanol–water partition coefficient (Wildman–Crippen LogP) is 3.92. The molecule has 0 radical (unpaired) electrons. The molecule has 2 heterocycles. The molecule has 2 aliphatic heterocycles. The van der Waals surface area contributed by atoms with Gasteiger partial charge in [0.2, 0.25) is 10.0 Å². The standard InChI is InChI=1S/C22H27N3O4S/c1-4-24(3)30(27,28)21-13-16-20(14-18(21)25-11-9-15(2)10-12-25)29-19-8-6-5-7-17(19)23-22(16)26/h5-8,13-15H,4,9-12H2,1-3H3,(H,23,26). The zero-order valence-corrected chi connectivity index (χ0v) is 18.3. The topological polar surface area (TPSA) is 79.0 Å². The summed E-state index contributed by atoms with van der Waals surface area (Å²) in [4.78, 5) is 15.1. The van der Waals surface area contributed by atoms with Crippen LogP contribution in [0.1, 0.15) is 37.0 Å². The molecule has 2 aliphatic rings. The lowest BCUT2D eigenvalue weighted by molar-refractivity contribution is 0.102. The van der Waals surface area contributed by atoms with Gasteiger partial charge in [-0.05, 0) is 37.0 Å². The minimum atomic E-state index is -3.76. The monoisotopic (exact) mass is 429 g/mol. The lowest BCUT2D eigenvalue weighted by Crippen LogP contribution is -2.35. The van der Waals surface area contributed by atoms with E-state index in [0.29, 0.717) is 35.3 Å². The van der Waals surface area contributed by atoms with Gasteiger partial charge < -0.3 is 15.0 Å². The Morgan fingerprint density at radius 3 is 2.57 bits per heavy atom. The van der Waals surface area contributed by atoms with Gasteiger partial charge in [-0.15, -0.1) is 0 Å². The largest absolute Gasteiger partial charge is 0.454 e. The average Bonchev–Trinajstić information content (AvgIpc) is 2.88. The van der Waals surface area contributed by atoms with Gasteiger partial charge in [-0.25, -0.2) is 12.7 Å². The second-order valence-corrected chi connectivity index (χ2v) is 9.97. The fourth-order valence-corrected chi connectivity index (χ4v) is 5.21. The van der Waals surface area contributed by atoms with Gasteiger partial charge >= 0.3 is 0 Å². The molecule has 0 saturated carbocycles. The fourth-order valence-electron chi connectivity index (χ4n) is 3.82. The molecule has 0 unspecified atom stereocenters. The molecule has 0 bridgehead atoms. The van der Waals surface area contributed by atoms with Crippen LogP contribution in [0, 0.1) is 5.92 Å². The maximum Gasteiger partial charge on any atom is 0.259 e. The molecular formula is C22H27N3O4S. The molecule has 1 fully saturated rings. The smallest absolute Gasteiger partial charge is 0.259 e. The Kier molecular flexibility index (Phi) is 5.46. The van der Waals surface area contributed by atoms with Gasteiger partial charge in [0.1, 0.15) is 10.6 Å². The van der Waals surface area contributed by atoms with E-state index in [1.165, 1.54) is 10.4 Å². The highest BCUT2D eigenvalue weighted by atomic mass is 32.2. The van der Waals surface area contributed by atoms with Gasteiger partial charge in [-0.3, -0.25) is 4.79 Å². The van der Waals surface area contributed by atoms with Crippen LogP contribution in [-0.2, 0) is 10.0 Å². The molecule has 2 aromatic rings. The molecule has 2 aromatic carbocycles.